The molecule has 27 heavy (non-hydrogen) atoms. The number of pyridine rings is 2. The van der Waals surface area contributed by atoms with Gasteiger partial charge in [-0.25, -0.2) is 15.0 Å². The van der Waals surface area contributed by atoms with Crippen LogP contribution < -0.4 is 5.43 Å². The summed E-state index contributed by atoms with van der Waals surface area (Å²) >= 11 is 6.11. The number of rotatable bonds is 2. The first-order valence-corrected chi connectivity index (χ1v) is 8.39. The molecule has 1 N–H and O–H groups in total. The number of nitriles is 1. The van der Waals surface area contributed by atoms with E-state index in [9.17, 15) is 4.79 Å². The topological polar surface area (TPSA) is 108 Å². The molecule has 0 radical (unpaired) electrons. The molecule has 0 aliphatic rings. The smallest absolute Gasteiger partial charge is 0.227 e. The summed E-state index contributed by atoms with van der Waals surface area (Å²) < 4.78 is 5.72. The number of aromatic amines is 1. The molecule has 0 unspecified atom stereocenters. The highest BCUT2D eigenvalue weighted by Crippen LogP contribution is 2.32. The van der Waals surface area contributed by atoms with Gasteiger partial charge in [0.25, 0.3) is 0 Å². The average molecular weight is 378 g/mol. The van der Waals surface area contributed by atoms with Crippen LogP contribution in [0.15, 0.2) is 39.7 Å². The van der Waals surface area contributed by atoms with Gasteiger partial charge >= 0.3 is 0 Å². The van der Waals surface area contributed by atoms with E-state index in [1.165, 1.54) is 6.20 Å². The van der Waals surface area contributed by atoms with Gasteiger partial charge in [-0.2, -0.15) is 5.26 Å². The molecule has 0 amide bonds. The minimum Gasteiger partial charge on any atom is -0.460 e. The quantitative estimate of drug-likeness (QED) is 0.532. The normalized spacial score (nSPS) is 10.9. The molecule has 8 heteroatoms. The number of hydrogen-bond donors (Lipinski definition) is 1. The molecule has 0 aliphatic heterocycles. The largest absolute Gasteiger partial charge is 0.460 e. The molecule has 0 aliphatic carbocycles. The van der Waals surface area contributed by atoms with Gasteiger partial charge in [-0.05, 0) is 38.1 Å². The van der Waals surface area contributed by atoms with Gasteiger partial charge < -0.3 is 9.40 Å². The van der Waals surface area contributed by atoms with Crippen LogP contribution in [0.5, 0.6) is 0 Å². The minimum absolute atomic E-state index is 0.0340. The highest BCUT2D eigenvalue weighted by atomic mass is 35.5. The monoisotopic (exact) mass is 377 g/mol. The molecule has 0 saturated heterocycles. The summed E-state index contributed by atoms with van der Waals surface area (Å²) in [4.78, 5) is 28.6. The molecule has 4 aromatic rings. The van der Waals surface area contributed by atoms with Crippen LogP contribution in [0.1, 0.15) is 17.0 Å². The summed E-state index contributed by atoms with van der Waals surface area (Å²) in [6.07, 6.45) is 1.32. The Labute approximate surface area is 158 Å². The van der Waals surface area contributed by atoms with Crippen molar-refractivity contribution in [3.8, 4) is 28.8 Å². The number of furan rings is 1. The number of nitrogens with zero attached hydrogens (tertiary/aromatic N) is 4. The van der Waals surface area contributed by atoms with Gasteiger partial charge in [-0.1, -0.05) is 11.6 Å². The summed E-state index contributed by atoms with van der Waals surface area (Å²) in [5.41, 5.74) is 2.04. The maximum absolute atomic E-state index is 12.5. The third kappa shape index (κ3) is 2.96. The van der Waals surface area contributed by atoms with Crippen molar-refractivity contribution in [2.75, 3.05) is 0 Å². The molecular formula is C19H12ClN5O2. The lowest BCUT2D eigenvalue weighted by molar-refractivity contribution is 0.546. The summed E-state index contributed by atoms with van der Waals surface area (Å²) in [6.45, 7) is 3.63. The third-order valence-corrected chi connectivity index (χ3v) is 4.19. The molecule has 0 atom stereocenters. The fourth-order valence-corrected chi connectivity index (χ4v) is 3.06. The Hall–Kier alpha value is -3.50. The Morgan fingerprint density at radius 2 is 1.96 bits per heavy atom. The zero-order valence-corrected chi connectivity index (χ0v) is 15.1. The van der Waals surface area contributed by atoms with Gasteiger partial charge in [0, 0.05) is 17.5 Å². The SMILES string of the molecule is Cc1cc(-c2nc3c(=O)c(C#N)c[nH]c3nc2-c2ccc(C)o2)cc(Cl)n1. The van der Waals surface area contributed by atoms with E-state index >= 15 is 0 Å². The van der Waals surface area contributed by atoms with E-state index in [2.05, 4.69) is 19.9 Å². The zero-order valence-electron chi connectivity index (χ0n) is 14.4. The predicted octanol–water partition coefficient (Wildman–Crippen LogP) is 3.78. The lowest BCUT2D eigenvalue weighted by Gasteiger charge is -2.09. The molecule has 0 fully saturated rings. The van der Waals surface area contributed by atoms with Gasteiger partial charge in [0.05, 0.1) is 0 Å². The summed E-state index contributed by atoms with van der Waals surface area (Å²) in [5, 5.41) is 9.41. The third-order valence-electron chi connectivity index (χ3n) is 4.00. The first kappa shape index (κ1) is 16.9. The van der Waals surface area contributed by atoms with Crippen molar-refractivity contribution in [1.82, 2.24) is 19.9 Å². The molecule has 132 valence electrons. The first-order valence-electron chi connectivity index (χ1n) is 8.01. The van der Waals surface area contributed by atoms with Crippen LogP contribution in [-0.2, 0) is 0 Å². The van der Waals surface area contributed by atoms with Crippen molar-refractivity contribution in [2.24, 2.45) is 0 Å². The number of fused-ring (bicyclic) bond motifs is 1. The van der Waals surface area contributed by atoms with E-state index in [1.54, 1.807) is 25.1 Å². The van der Waals surface area contributed by atoms with Crippen molar-refractivity contribution in [3.05, 3.63) is 62.9 Å². The molecule has 4 aromatic heterocycles. The molecular weight excluding hydrogens is 366 g/mol. The van der Waals surface area contributed by atoms with Crippen molar-refractivity contribution in [2.45, 2.75) is 13.8 Å². The second-order valence-electron chi connectivity index (χ2n) is 5.99. The zero-order chi connectivity index (χ0) is 19.1. The van der Waals surface area contributed by atoms with Gasteiger partial charge in [-0.15, -0.1) is 0 Å². The van der Waals surface area contributed by atoms with Crippen molar-refractivity contribution < 1.29 is 4.42 Å². The van der Waals surface area contributed by atoms with Gasteiger partial charge in [0.15, 0.2) is 16.9 Å². The van der Waals surface area contributed by atoms with Gasteiger partial charge in [-0.3, -0.25) is 4.79 Å². The average Bonchev–Trinajstić information content (AvgIpc) is 3.07. The first-order chi connectivity index (χ1) is 13.0. The predicted molar refractivity (Wildman–Crippen MR) is 100 cm³/mol. The van der Waals surface area contributed by atoms with Gasteiger partial charge in [0.2, 0.25) is 5.43 Å². The van der Waals surface area contributed by atoms with Crippen LogP contribution in [0.2, 0.25) is 5.15 Å². The second-order valence-corrected chi connectivity index (χ2v) is 6.38. The van der Waals surface area contributed by atoms with Crippen molar-refractivity contribution >= 4 is 22.8 Å². The standard InChI is InChI=1S/C19H12ClN5O2/c1-9-5-11(6-14(20)23-9)15-16(13-4-3-10(2)27-13)25-19-17(24-15)18(26)12(7-21)8-22-19/h3-6,8H,1-2H3,(H,22,25,26). The Balaban J connectivity index is 2.11. The number of aromatic nitrogens is 4. The fraction of sp³-hybridized carbons (Fsp3) is 0.105. The van der Waals surface area contributed by atoms with Crippen LogP contribution in [0.3, 0.4) is 0 Å². The van der Waals surface area contributed by atoms with Gasteiger partial charge in [0.1, 0.15) is 33.9 Å². The molecule has 0 spiro atoms. The number of aryl methyl sites for hydroxylation is 2. The molecule has 0 aromatic carbocycles. The van der Waals surface area contributed by atoms with Crippen molar-refractivity contribution in [3.63, 3.8) is 0 Å². The van der Waals surface area contributed by atoms with Crippen LogP contribution in [0.25, 0.3) is 33.9 Å². The lowest BCUT2D eigenvalue weighted by Crippen LogP contribution is -2.11. The fourth-order valence-electron chi connectivity index (χ4n) is 2.81. The Morgan fingerprint density at radius 1 is 1.15 bits per heavy atom. The van der Waals surface area contributed by atoms with E-state index in [4.69, 9.17) is 21.3 Å². The highest BCUT2D eigenvalue weighted by molar-refractivity contribution is 6.29. The maximum Gasteiger partial charge on any atom is 0.227 e. The number of hydrogen-bond acceptors (Lipinski definition) is 6. The van der Waals surface area contributed by atoms with E-state index < -0.39 is 5.43 Å². The maximum atomic E-state index is 12.5. The Bertz CT molecular complexity index is 1280. The minimum atomic E-state index is -0.487. The van der Waals surface area contributed by atoms with Crippen LogP contribution in [0, 0.1) is 25.2 Å². The van der Waals surface area contributed by atoms with E-state index in [0.717, 1.165) is 5.76 Å². The van der Waals surface area contributed by atoms with Crippen molar-refractivity contribution in [1.29, 1.82) is 5.26 Å². The molecule has 4 heterocycles. The molecule has 7 nitrogen and oxygen atoms in total. The summed E-state index contributed by atoms with van der Waals surface area (Å²) in [7, 11) is 0. The number of halogens is 1. The van der Waals surface area contributed by atoms with E-state index in [1.807, 2.05) is 19.1 Å². The highest BCUT2D eigenvalue weighted by Gasteiger charge is 2.19. The van der Waals surface area contributed by atoms with Crippen LogP contribution >= 0.6 is 11.6 Å². The molecule has 0 bridgehead atoms. The van der Waals surface area contributed by atoms with Crippen LogP contribution in [0.4, 0.5) is 0 Å². The summed E-state index contributed by atoms with van der Waals surface area (Å²) in [5.74, 6) is 1.22. The number of H-pyrrole nitrogens is 1. The number of nitrogens with one attached hydrogen (secondary N) is 1. The molecule has 0 saturated carbocycles. The lowest BCUT2D eigenvalue weighted by atomic mass is 10.1. The van der Waals surface area contributed by atoms with Crippen LogP contribution in [-0.4, -0.2) is 19.9 Å². The Kier molecular flexibility index (Phi) is 3.98. The molecule has 4 rings (SSSR count). The van der Waals surface area contributed by atoms with E-state index in [0.29, 0.717) is 33.6 Å². The Morgan fingerprint density at radius 3 is 2.63 bits per heavy atom. The second kappa shape index (κ2) is 6.34. The van der Waals surface area contributed by atoms with E-state index in [-0.39, 0.29) is 16.7 Å². The summed E-state index contributed by atoms with van der Waals surface area (Å²) in [6, 6.07) is 8.89.